The van der Waals surface area contributed by atoms with E-state index in [4.69, 9.17) is 4.74 Å². The summed E-state index contributed by atoms with van der Waals surface area (Å²) < 4.78 is 5.69. The van der Waals surface area contributed by atoms with Gasteiger partial charge < -0.3 is 4.74 Å². The van der Waals surface area contributed by atoms with E-state index in [-0.39, 0.29) is 0 Å². The van der Waals surface area contributed by atoms with Crippen LogP contribution in [0.4, 0.5) is 0 Å². The van der Waals surface area contributed by atoms with Gasteiger partial charge in [0.25, 0.3) is 0 Å². The Morgan fingerprint density at radius 3 is 2.19 bits per heavy atom. The number of hydrogen-bond donors (Lipinski definition) is 0. The lowest BCUT2D eigenvalue weighted by Gasteiger charge is -2.09. The highest BCUT2D eigenvalue weighted by Crippen LogP contribution is 2.19. The third-order valence-electron chi connectivity index (χ3n) is 3.37. The largest absolute Gasteiger partial charge is 0.493 e. The molecule has 21 heavy (non-hydrogen) atoms. The Balaban J connectivity index is 1.95. The summed E-state index contributed by atoms with van der Waals surface area (Å²) in [6, 6.07) is 18.8. The van der Waals surface area contributed by atoms with Gasteiger partial charge in [0.1, 0.15) is 5.75 Å². The van der Waals surface area contributed by atoms with Crippen molar-refractivity contribution < 1.29 is 4.74 Å². The van der Waals surface area contributed by atoms with Gasteiger partial charge in [-0.05, 0) is 35.1 Å². The predicted molar refractivity (Wildman–Crippen MR) is 90.7 cm³/mol. The van der Waals surface area contributed by atoms with E-state index >= 15 is 0 Å². The zero-order chi connectivity index (χ0) is 15.1. The van der Waals surface area contributed by atoms with Crippen LogP contribution in [0.3, 0.4) is 0 Å². The second-order valence-corrected chi connectivity index (χ2v) is 5.83. The molecule has 0 saturated carbocycles. The highest BCUT2D eigenvalue weighted by Gasteiger charge is 2.00. The van der Waals surface area contributed by atoms with Gasteiger partial charge in [0.2, 0.25) is 0 Å². The molecule has 2 aromatic rings. The van der Waals surface area contributed by atoms with E-state index in [1.54, 1.807) is 0 Å². The molecule has 0 aliphatic rings. The number of ether oxygens (including phenoxy) is 1. The molecule has 1 unspecified atom stereocenters. The van der Waals surface area contributed by atoms with Crippen LogP contribution in [0.25, 0.3) is 6.08 Å². The van der Waals surface area contributed by atoms with E-state index in [9.17, 15) is 0 Å². The first-order valence-electron chi connectivity index (χ1n) is 7.61. The number of benzene rings is 2. The number of hydrogen-bond acceptors (Lipinski definition) is 1. The standard InChI is InChI=1S/C20H24O/c1-16(2)15-21-20-13-11-18(12-14-20)10-9-17(3)19-7-5-4-6-8-19/h4-14,16-17H,15H2,1-3H3. The summed E-state index contributed by atoms with van der Waals surface area (Å²) in [5, 5.41) is 0. The Bertz CT molecular complexity index is 552. The molecule has 0 amide bonds. The summed E-state index contributed by atoms with van der Waals surface area (Å²) in [6.07, 6.45) is 4.41. The average molecular weight is 280 g/mol. The van der Waals surface area contributed by atoms with Crippen molar-refractivity contribution in [1.29, 1.82) is 0 Å². The minimum Gasteiger partial charge on any atom is -0.493 e. The Hall–Kier alpha value is -2.02. The van der Waals surface area contributed by atoms with Gasteiger partial charge in [0.05, 0.1) is 6.61 Å². The molecule has 0 spiro atoms. The molecule has 0 bridgehead atoms. The lowest BCUT2D eigenvalue weighted by molar-refractivity contribution is 0.271. The molecule has 0 aromatic heterocycles. The molecule has 110 valence electrons. The normalized spacial score (nSPS) is 12.8. The Morgan fingerprint density at radius 2 is 1.57 bits per heavy atom. The van der Waals surface area contributed by atoms with Crippen LogP contribution in [0.5, 0.6) is 5.75 Å². The van der Waals surface area contributed by atoms with Crippen molar-refractivity contribution in [3.8, 4) is 5.75 Å². The molecule has 0 N–H and O–H groups in total. The first-order valence-corrected chi connectivity index (χ1v) is 7.61. The summed E-state index contributed by atoms with van der Waals surface area (Å²) in [6.45, 7) is 7.29. The van der Waals surface area contributed by atoms with Crippen LogP contribution in [0, 0.1) is 5.92 Å². The predicted octanol–water partition coefficient (Wildman–Crippen LogP) is 5.54. The molecule has 0 aliphatic heterocycles. The summed E-state index contributed by atoms with van der Waals surface area (Å²) >= 11 is 0. The van der Waals surface area contributed by atoms with Gasteiger partial charge in [0.15, 0.2) is 0 Å². The molecule has 2 rings (SSSR count). The summed E-state index contributed by atoms with van der Waals surface area (Å²) in [7, 11) is 0. The molecule has 1 heteroatoms. The van der Waals surface area contributed by atoms with E-state index in [2.05, 4.69) is 75.4 Å². The zero-order valence-electron chi connectivity index (χ0n) is 13.1. The van der Waals surface area contributed by atoms with Crippen LogP contribution in [-0.4, -0.2) is 6.61 Å². The maximum atomic E-state index is 5.69. The van der Waals surface area contributed by atoms with Crippen molar-refractivity contribution in [3.05, 3.63) is 71.8 Å². The van der Waals surface area contributed by atoms with Crippen LogP contribution in [0.1, 0.15) is 37.8 Å². The van der Waals surface area contributed by atoms with Crippen LogP contribution >= 0.6 is 0 Å². The molecular formula is C20H24O. The maximum Gasteiger partial charge on any atom is 0.119 e. The van der Waals surface area contributed by atoms with Crippen molar-refractivity contribution >= 4 is 6.08 Å². The van der Waals surface area contributed by atoms with Gasteiger partial charge in [-0.2, -0.15) is 0 Å². The van der Waals surface area contributed by atoms with Crippen molar-refractivity contribution in [1.82, 2.24) is 0 Å². The van der Waals surface area contributed by atoms with Crippen LogP contribution in [-0.2, 0) is 0 Å². The molecule has 1 nitrogen and oxygen atoms in total. The second-order valence-electron chi connectivity index (χ2n) is 5.83. The third-order valence-corrected chi connectivity index (χ3v) is 3.37. The SMILES string of the molecule is CC(C)COc1ccc(C=CC(C)c2ccccc2)cc1. The fourth-order valence-electron chi connectivity index (χ4n) is 2.06. The second kappa shape index (κ2) is 7.68. The smallest absolute Gasteiger partial charge is 0.119 e. The van der Waals surface area contributed by atoms with Crippen LogP contribution in [0.15, 0.2) is 60.7 Å². The Kier molecular flexibility index (Phi) is 5.62. The fraction of sp³-hybridized carbons (Fsp3) is 0.300. The van der Waals surface area contributed by atoms with Crippen molar-refractivity contribution in [2.45, 2.75) is 26.7 Å². The van der Waals surface area contributed by atoms with E-state index in [1.807, 2.05) is 12.1 Å². The molecule has 0 heterocycles. The Labute approximate surface area is 128 Å². The number of rotatable bonds is 6. The maximum absolute atomic E-state index is 5.69. The van der Waals surface area contributed by atoms with Crippen molar-refractivity contribution in [2.24, 2.45) is 5.92 Å². The highest BCUT2D eigenvalue weighted by atomic mass is 16.5. The van der Waals surface area contributed by atoms with Crippen LogP contribution in [0.2, 0.25) is 0 Å². The summed E-state index contributed by atoms with van der Waals surface area (Å²) in [4.78, 5) is 0. The first-order chi connectivity index (χ1) is 10.1. The monoisotopic (exact) mass is 280 g/mol. The first kappa shape index (κ1) is 15.4. The molecule has 0 fully saturated rings. The van der Waals surface area contributed by atoms with E-state index in [0.29, 0.717) is 11.8 Å². The van der Waals surface area contributed by atoms with E-state index in [1.165, 1.54) is 11.1 Å². The highest BCUT2D eigenvalue weighted by molar-refractivity contribution is 5.52. The number of allylic oxidation sites excluding steroid dienone is 1. The fourth-order valence-corrected chi connectivity index (χ4v) is 2.06. The molecule has 0 aliphatic carbocycles. The van der Waals surface area contributed by atoms with Gasteiger partial charge in [-0.3, -0.25) is 0 Å². The summed E-state index contributed by atoms with van der Waals surface area (Å²) in [5.41, 5.74) is 2.54. The lowest BCUT2D eigenvalue weighted by atomic mass is 10.00. The van der Waals surface area contributed by atoms with E-state index in [0.717, 1.165) is 12.4 Å². The Morgan fingerprint density at radius 1 is 0.905 bits per heavy atom. The van der Waals surface area contributed by atoms with Gasteiger partial charge in [-0.15, -0.1) is 0 Å². The van der Waals surface area contributed by atoms with Crippen LogP contribution < -0.4 is 4.74 Å². The minimum atomic E-state index is 0.420. The molecule has 2 aromatic carbocycles. The minimum absolute atomic E-state index is 0.420. The van der Waals surface area contributed by atoms with Crippen molar-refractivity contribution in [2.75, 3.05) is 6.61 Å². The summed E-state index contributed by atoms with van der Waals surface area (Å²) in [5.74, 6) is 1.91. The topological polar surface area (TPSA) is 9.23 Å². The molecule has 1 atom stereocenters. The van der Waals surface area contributed by atoms with Gasteiger partial charge >= 0.3 is 0 Å². The van der Waals surface area contributed by atoms with E-state index < -0.39 is 0 Å². The molecule has 0 radical (unpaired) electrons. The zero-order valence-corrected chi connectivity index (χ0v) is 13.1. The average Bonchev–Trinajstić information content (AvgIpc) is 2.52. The van der Waals surface area contributed by atoms with Gasteiger partial charge in [-0.25, -0.2) is 0 Å². The third kappa shape index (κ3) is 5.11. The molecule has 0 saturated heterocycles. The lowest BCUT2D eigenvalue weighted by Crippen LogP contribution is -2.04. The molecular weight excluding hydrogens is 256 g/mol. The van der Waals surface area contributed by atoms with Gasteiger partial charge in [0, 0.05) is 0 Å². The van der Waals surface area contributed by atoms with Crippen molar-refractivity contribution in [3.63, 3.8) is 0 Å². The quantitative estimate of drug-likeness (QED) is 0.675. The van der Waals surface area contributed by atoms with Gasteiger partial charge in [-0.1, -0.05) is 75.4 Å².